The van der Waals surface area contributed by atoms with Gasteiger partial charge in [0, 0.05) is 38.9 Å². The second-order valence-corrected chi connectivity index (χ2v) is 8.97. The van der Waals surface area contributed by atoms with Crippen molar-refractivity contribution < 1.29 is 9.59 Å². The van der Waals surface area contributed by atoms with Crippen LogP contribution in [-0.4, -0.2) is 32.3 Å². The molecule has 33 heavy (non-hydrogen) atoms. The van der Waals surface area contributed by atoms with Crippen LogP contribution in [0, 0.1) is 11.3 Å². The Morgan fingerprint density at radius 3 is 2.09 bits per heavy atom. The highest BCUT2D eigenvalue weighted by Crippen LogP contribution is 2.41. The molecule has 2 aromatic carbocycles. The number of carbonyl (C=O) groups is 2. The van der Waals surface area contributed by atoms with Crippen molar-refractivity contribution in [2.45, 2.75) is 43.9 Å². The molecule has 0 bridgehead atoms. The first-order valence-electron chi connectivity index (χ1n) is 11.5. The van der Waals surface area contributed by atoms with Gasteiger partial charge in [0.15, 0.2) is 5.78 Å². The smallest absolute Gasteiger partial charge is 0.220 e. The molecule has 1 amide bonds. The van der Waals surface area contributed by atoms with Crippen LogP contribution in [-0.2, 0) is 15.0 Å². The molecule has 0 radical (unpaired) electrons. The first kappa shape index (κ1) is 22.6. The number of fused-ring (bicyclic) bond motifs is 1. The van der Waals surface area contributed by atoms with E-state index >= 15 is 0 Å². The third-order valence-electron chi connectivity index (χ3n) is 7.00. The van der Waals surface area contributed by atoms with Gasteiger partial charge in [0.25, 0.3) is 0 Å². The molecule has 1 aliphatic heterocycles. The van der Waals surface area contributed by atoms with Crippen LogP contribution in [0.5, 0.6) is 0 Å². The third-order valence-corrected chi connectivity index (χ3v) is 7.00. The van der Waals surface area contributed by atoms with Gasteiger partial charge in [0.1, 0.15) is 17.5 Å². The molecule has 6 heteroatoms. The molecule has 2 aliphatic rings. The van der Waals surface area contributed by atoms with Crippen LogP contribution >= 0.6 is 0 Å². The highest BCUT2D eigenvalue weighted by atomic mass is 16.2. The van der Waals surface area contributed by atoms with Gasteiger partial charge in [-0.2, -0.15) is 5.26 Å². The number of hydrogen-bond donors (Lipinski definition) is 1. The maximum atomic E-state index is 12.9. The normalized spacial score (nSPS) is 16.3. The number of allylic oxidation sites excluding steroid dienone is 1. The largest absolute Gasteiger partial charge is 0.355 e. The summed E-state index contributed by atoms with van der Waals surface area (Å²) >= 11 is 0. The van der Waals surface area contributed by atoms with E-state index in [2.05, 4.69) is 23.5 Å². The number of nitrogens with one attached hydrogen (secondary N) is 1. The fourth-order valence-electron chi connectivity index (χ4n) is 5.18. The van der Waals surface area contributed by atoms with Gasteiger partial charge >= 0.3 is 0 Å². The fourth-order valence-corrected chi connectivity index (χ4v) is 5.18. The van der Waals surface area contributed by atoms with Gasteiger partial charge in [0.2, 0.25) is 5.91 Å². The van der Waals surface area contributed by atoms with Crippen LogP contribution in [0.15, 0.2) is 66.0 Å². The van der Waals surface area contributed by atoms with Gasteiger partial charge in [-0.05, 0) is 30.5 Å². The Kier molecular flexibility index (Phi) is 6.50. The van der Waals surface area contributed by atoms with Crippen molar-refractivity contribution >= 4 is 23.1 Å². The molecule has 1 aliphatic carbocycles. The summed E-state index contributed by atoms with van der Waals surface area (Å²) in [5.41, 5.74) is 3.21. The number of nitrogens with zero attached hydrogens (tertiary/aromatic N) is 3. The second kappa shape index (κ2) is 9.50. The lowest BCUT2D eigenvalue weighted by Crippen LogP contribution is -2.39. The van der Waals surface area contributed by atoms with E-state index < -0.39 is 0 Å². The first-order chi connectivity index (χ1) is 16.0. The molecule has 0 spiro atoms. The molecule has 170 valence electrons. The monoisotopic (exact) mass is 442 g/mol. The van der Waals surface area contributed by atoms with Crippen molar-refractivity contribution in [1.29, 1.82) is 5.26 Å². The second-order valence-electron chi connectivity index (χ2n) is 8.97. The number of carbonyl (C=O) groups excluding carboxylic acids is 2. The van der Waals surface area contributed by atoms with E-state index in [1.165, 1.54) is 5.56 Å². The summed E-state index contributed by atoms with van der Waals surface area (Å²) in [6, 6.07) is 20.2. The number of benzene rings is 2. The van der Waals surface area contributed by atoms with Gasteiger partial charge in [-0.15, -0.1) is 0 Å². The fraction of sp³-hybridized carbons (Fsp3) is 0.370. The van der Waals surface area contributed by atoms with Crippen LogP contribution in [0.4, 0.5) is 11.4 Å². The average molecular weight is 443 g/mol. The number of Topliss-reactive ketones (excluding diaryl/α,β-unsaturated/α-hetero) is 1. The van der Waals surface area contributed by atoms with E-state index in [1.54, 1.807) is 0 Å². The highest BCUT2D eigenvalue weighted by molar-refractivity contribution is 6.03. The van der Waals surface area contributed by atoms with Crippen LogP contribution in [0.1, 0.15) is 44.1 Å². The van der Waals surface area contributed by atoms with Crippen molar-refractivity contribution in [2.75, 3.05) is 30.4 Å². The third kappa shape index (κ3) is 4.36. The van der Waals surface area contributed by atoms with E-state index in [-0.39, 0.29) is 35.5 Å². The van der Waals surface area contributed by atoms with Gasteiger partial charge in [0.05, 0.1) is 11.4 Å². The Morgan fingerprint density at radius 1 is 0.939 bits per heavy atom. The van der Waals surface area contributed by atoms with Crippen LogP contribution in [0.2, 0.25) is 0 Å². The number of amides is 1. The van der Waals surface area contributed by atoms with Crippen molar-refractivity contribution in [1.82, 2.24) is 5.32 Å². The number of hydrogen-bond acceptors (Lipinski definition) is 5. The summed E-state index contributed by atoms with van der Waals surface area (Å²) in [4.78, 5) is 29.3. The molecule has 6 nitrogen and oxygen atoms in total. The van der Waals surface area contributed by atoms with Gasteiger partial charge in [-0.1, -0.05) is 55.3 Å². The van der Waals surface area contributed by atoms with Crippen LogP contribution < -0.4 is 15.1 Å². The van der Waals surface area contributed by atoms with Crippen LogP contribution in [0.3, 0.4) is 0 Å². The number of rotatable bonds is 7. The Bertz CT molecular complexity index is 1080. The SMILES string of the molecule is CN1C(=C(C#N)C(=O)CCC(=O)NCC2(c3ccccc3)CCCC2)N(C)c2ccccc21. The molecular formula is C27H30N4O2. The van der Waals surface area contributed by atoms with Gasteiger partial charge in [-0.3, -0.25) is 9.59 Å². The van der Waals surface area contributed by atoms with E-state index in [0.29, 0.717) is 12.4 Å². The summed E-state index contributed by atoms with van der Waals surface area (Å²) in [6.07, 6.45) is 4.51. The highest BCUT2D eigenvalue weighted by Gasteiger charge is 2.36. The molecule has 1 N–H and O–H groups in total. The Balaban J connectivity index is 1.40. The van der Waals surface area contributed by atoms with E-state index in [4.69, 9.17) is 0 Å². The van der Waals surface area contributed by atoms with Crippen molar-refractivity contribution in [2.24, 2.45) is 0 Å². The summed E-state index contributed by atoms with van der Waals surface area (Å²) in [6.45, 7) is 0.580. The zero-order chi connectivity index (χ0) is 23.4. The standard InChI is InChI=1S/C27H30N4O2/c1-30-22-12-6-7-13-23(22)31(2)26(30)21(18-28)24(32)14-15-25(33)29-19-27(16-8-9-17-27)20-10-4-3-5-11-20/h3-7,10-13H,8-9,14-17,19H2,1-2H3,(H,29,33). The summed E-state index contributed by atoms with van der Waals surface area (Å²) in [5.74, 6) is 0.0927. The van der Waals surface area contributed by atoms with E-state index in [0.717, 1.165) is 37.1 Å². The quantitative estimate of drug-likeness (QED) is 0.511. The minimum Gasteiger partial charge on any atom is -0.355 e. The van der Waals surface area contributed by atoms with Crippen molar-refractivity contribution in [3.8, 4) is 6.07 Å². The lowest BCUT2D eigenvalue weighted by Gasteiger charge is -2.30. The molecule has 1 saturated carbocycles. The zero-order valence-corrected chi connectivity index (χ0v) is 19.3. The average Bonchev–Trinajstić information content (AvgIpc) is 3.43. The Morgan fingerprint density at radius 2 is 1.52 bits per heavy atom. The van der Waals surface area contributed by atoms with Crippen molar-refractivity contribution in [3.05, 3.63) is 71.6 Å². The lowest BCUT2D eigenvalue weighted by molar-refractivity contribution is -0.124. The molecule has 0 atom stereocenters. The predicted molar refractivity (Wildman–Crippen MR) is 130 cm³/mol. The molecule has 1 fully saturated rings. The number of nitriles is 1. The van der Waals surface area contributed by atoms with E-state index in [1.807, 2.05) is 66.4 Å². The summed E-state index contributed by atoms with van der Waals surface area (Å²) < 4.78 is 0. The Hall–Kier alpha value is -3.59. The minimum atomic E-state index is -0.312. The van der Waals surface area contributed by atoms with Gasteiger partial charge < -0.3 is 15.1 Å². The Labute approximate surface area is 195 Å². The summed E-state index contributed by atoms with van der Waals surface area (Å²) in [5, 5.41) is 12.8. The van der Waals surface area contributed by atoms with Crippen LogP contribution in [0.25, 0.3) is 0 Å². The first-order valence-corrected chi connectivity index (χ1v) is 11.5. The number of anilines is 2. The van der Waals surface area contributed by atoms with Crippen molar-refractivity contribution in [3.63, 3.8) is 0 Å². The van der Waals surface area contributed by atoms with E-state index in [9.17, 15) is 14.9 Å². The molecule has 2 aromatic rings. The topological polar surface area (TPSA) is 76.4 Å². The lowest BCUT2D eigenvalue weighted by atomic mass is 9.79. The zero-order valence-electron chi connectivity index (χ0n) is 19.3. The molecular weight excluding hydrogens is 412 g/mol. The molecule has 1 heterocycles. The minimum absolute atomic E-state index is 0.00852. The summed E-state index contributed by atoms with van der Waals surface area (Å²) in [7, 11) is 3.69. The number of ketones is 1. The molecule has 0 saturated heterocycles. The maximum absolute atomic E-state index is 12.9. The molecule has 0 unspecified atom stereocenters. The maximum Gasteiger partial charge on any atom is 0.220 e. The number of para-hydroxylation sites is 2. The molecule has 0 aromatic heterocycles. The molecule has 4 rings (SSSR count). The predicted octanol–water partition coefficient (Wildman–Crippen LogP) is 4.29. The van der Waals surface area contributed by atoms with Gasteiger partial charge in [-0.25, -0.2) is 0 Å².